The van der Waals surface area contributed by atoms with Crippen molar-refractivity contribution >= 4 is 39.8 Å². The summed E-state index contributed by atoms with van der Waals surface area (Å²) in [5.74, 6) is -0.231. The zero-order valence-corrected chi connectivity index (χ0v) is 19.0. The molecule has 2 aliphatic rings. The van der Waals surface area contributed by atoms with Crippen LogP contribution in [0.25, 0.3) is 10.2 Å². The van der Waals surface area contributed by atoms with Crippen LogP contribution < -0.4 is 10.9 Å². The van der Waals surface area contributed by atoms with Gasteiger partial charge < -0.3 is 29.9 Å². The maximum atomic E-state index is 13.3. The SMILES string of the molecule is Cc1c(C(=O)N2C[C@H]3COC[C@@]3(C(=O)NCCN(C)C)C2)sc2nc[nH]c(=O)c12.O=CO. The number of carbonyl (C=O) groups excluding carboxylic acids is 2. The van der Waals surface area contributed by atoms with Crippen molar-refractivity contribution in [1.29, 1.82) is 0 Å². The van der Waals surface area contributed by atoms with Crippen molar-refractivity contribution in [2.45, 2.75) is 6.92 Å². The molecule has 2 aromatic rings. The number of hydrogen-bond acceptors (Lipinski definition) is 8. The number of carbonyl (C=O) groups is 3. The molecular weight excluding hydrogens is 438 g/mol. The molecule has 2 atom stereocenters. The minimum Gasteiger partial charge on any atom is -0.483 e. The maximum Gasteiger partial charge on any atom is 0.290 e. The number of likely N-dealkylation sites (tertiary alicyclic amines) is 1. The highest BCUT2D eigenvalue weighted by molar-refractivity contribution is 7.20. The minimum atomic E-state index is -0.706. The summed E-state index contributed by atoms with van der Waals surface area (Å²) < 4.78 is 5.62. The van der Waals surface area contributed by atoms with Crippen molar-refractivity contribution in [1.82, 2.24) is 25.1 Å². The van der Waals surface area contributed by atoms with E-state index in [4.69, 9.17) is 14.6 Å². The van der Waals surface area contributed by atoms with Crippen LogP contribution in [0.3, 0.4) is 0 Å². The van der Waals surface area contributed by atoms with Gasteiger partial charge in [-0.2, -0.15) is 0 Å². The summed E-state index contributed by atoms with van der Waals surface area (Å²) >= 11 is 1.23. The van der Waals surface area contributed by atoms with Gasteiger partial charge in [0.2, 0.25) is 5.91 Å². The van der Waals surface area contributed by atoms with Crippen LogP contribution in [0.1, 0.15) is 15.2 Å². The molecule has 0 unspecified atom stereocenters. The third-order valence-electron chi connectivity index (χ3n) is 5.88. The number of H-pyrrole nitrogens is 1. The number of carboxylic acid groups (broad SMARTS) is 1. The van der Waals surface area contributed by atoms with Crippen LogP contribution in [0.5, 0.6) is 0 Å². The zero-order valence-electron chi connectivity index (χ0n) is 18.2. The van der Waals surface area contributed by atoms with E-state index in [1.807, 2.05) is 19.0 Å². The van der Waals surface area contributed by atoms with E-state index in [1.165, 1.54) is 17.7 Å². The molecular formula is C20H27N5O6S. The van der Waals surface area contributed by atoms with Gasteiger partial charge in [-0.1, -0.05) is 0 Å². The molecule has 2 amide bonds. The van der Waals surface area contributed by atoms with Gasteiger partial charge in [0.05, 0.1) is 35.2 Å². The predicted octanol–water partition coefficient (Wildman–Crippen LogP) is -0.240. The highest BCUT2D eigenvalue weighted by Crippen LogP contribution is 2.42. The Morgan fingerprint density at radius 2 is 2.22 bits per heavy atom. The summed E-state index contributed by atoms with van der Waals surface area (Å²) in [5.41, 5.74) is -0.309. The molecule has 0 radical (unpaired) electrons. The van der Waals surface area contributed by atoms with Crippen LogP contribution in [-0.4, -0.2) is 96.6 Å². The Labute approximate surface area is 188 Å². The normalized spacial score (nSPS) is 21.9. The predicted molar refractivity (Wildman–Crippen MR) is 118 cm³/mol. The lowest BCUT2D eigenvalue weighted by atomic mass is 9.80. The largest absolute Gasteiger partial charge is 0.483 e. The molecule has 2 fully saturated rings. The van der Waals surface area contributed by atoms with E-state index < -0.39 is 5.41 Å². The van der Waals surface area contributed by atoms with Gasteiger partial charge >= 0.3 is 0 Å². The van der Waals surface area contributed by atoms with Crippen LogP contribution in [-0.2, 0) is 14.3 Å². The minimum absolute atomic E-state index is 0.0259. The molecule has 3 N–H and O–H groups in total. The van der Waals surface area contributed by atoms with E-state index in [0.29, 0.717) is 53.5 Å². The lowest BCUT2D eigenvalue weighted by Gasteiger charge is -2.26. The number of rotatable bonds is 5. The highest BCUT2D eigenvalue weighted by Gasteiger charge is 2.56. The fraction of sp³-hybridized carbons (Fsp3) is 0.550. The maximum absolute atomic E-state index is 13.3. The molecule has 0 spiro atoms. The van der Waals surface area contributed by atoms with Crippen LogP contribution in [0.15, 0.2) is 11.1 Å². The first-order valence-electron chi connectivity index (χ1n) is 10.1. The molecule has 2 saturated heterocycles. The number of ether oxygens (including phenoxy) is 1. The van der Waals surface area contributed by atoms with Gasteiger partial charge in [-0.15, -0.1) is 11.3 Å². The summed E-state index contributed by atoms with van der Waals surface area (Å²) in [6.45, 7) is 4.40. The first-order chi connectivity index (χ1) is 15.2. The Balaban J connectivity index is 0.000000913. The number of amides is 2. The Hall–Kier alpha value is -2.83. The second kappa shape index (κ2) is 9.76. The molecule has 2 aromatic heterocycles. The number of aromatic nitrogens is 2. The van der Waals surface area contributed by atoms with E-state index >= 15 is 0 Å². The first-order valence-corrected chi connectivity index (χ1v) is 10.9. The lowest BCUT2D eigenvalue weighted by molar-refractivity contribution is -0.131. The van der Waals surface area contributed by atoms with Crippen LogP contribution >= 0.6 is 11.3 Å². The molecule has 32 heavy (non-hydrogen) atoms. The quantitative estimate of drug-likeness (QED) is 0.513. The molecule has 12 heteroatoms. The molecule has 174 valence electrons. The number of nitrogens with zero attached hydrogens (tertiary/aromatic N) is 3. The molecule has 0 saturated carbocycles. The zero-order chi connectivity index (χ0) is 23.5. The molecule has 11 nitrogen and oxygen atoms in total. The number of hydrogen-bond donors (Lipinski definition) is 3. The van der Waals surface area contributed by atoms with Crippen molar-refractivity contribution in [2.24, 2.45) is 11.3 Å². The van der Waals surface area contributed by atoms with Gasteiger partial charge in [0.1, 0.15) is 4.83 Å². The summed E-state index contributed by atoms with van der Waals surface area (Å²) in [7, 11) is 3.91. The number of aromatic amines is 1. The third-order valence-corrected chi connectivity index (χ3v) is 7.07. The molecule has 0 aromatic carbocycles. The summed E-state index contributed by atoms with van der Waals surface area (Å²) in [6, 6.07) is 0. The molecule has 2 aliphatic heterocycles. The van der Waals surface area contributed by atoms with E-state index in [-0.39, 0.29) is 29.8 Å². The molecule has 0 aliphatic carbocycles. The first kappa shape index (κ1) is 23.8. The van der Waals surface area contributed by atoms with Gasteiger partial charge in [0.15, 0.2) is 0 Å². The van der Waals surface area contributed by atoms with Crippen molar-refractivity contribution in [2.75, 3.05) is 53.5 Å². The second-order valence-electron chi connectivity index (χ2n) is 8.19. The Kier molecular flexibility index (Phi) is 7.26. The lowest BCUT2D eigenvalue weighted by Crippen LogP contribution is -2.48. The second-order valence-corrected chi connectivity index (χ2v) is 9.19. The average molecular weight is 466 g/mol. The standard InChI is InChI=1S/C19H25N5O4S.CH2O2/c1-11-13-15(25)21-10-22-16(13)29-14(11)17(26)24-6-12-7-28-9-19(12,8-24)18(27)20-4-5-23(2)3;2-1-3/h10,12H,4-9H2,1-3H3,(H,20,27)(H,21,22,25);1H,(H,2,3)/t12-,19-;/m0./s1. The molecule has 0 bridgehead atoms. The van der Waals surface area contributed by atoms with Crippen LogP contribution in [0.2, 0.25) is 0 Å². The van der Waals surface area contributed by atoms with Crippen molar-refractivity contribution < 1.29 is 24.2 Å². The highest BCUT2D eigenvalue weighted by atomic mass is 32.1. The Morgan fingerprint density at radius 1 is 1.50 bits per heavy atom. The summed E-state index contributed by atoms with van der Waals surface area (Å²) in [4.78, 5) is 58.3. The van der Waals surface area contributed by atoms with Gasteiger partial charge in [0.25, 0.3) is 17.9 Å². The fourth-order valence-corrected chi connectivity index (χ4v) is 5.32. The summed E-state index contributed by atoms with van der Waals surface area (Å²) in [6.07, 6.45) is 1.35. The van der Waals surface area contributed by atoms with Crippen molar-refractivity contribution in [3.05, 3.63) is 27.1 Å². The fourth-order valence-electron chi connectivity index (χ4n) is 4.21. The third kappa shape index (κ3) is 4.38. The van der Waals surface area contributed by atoms with Gasteiger partial charge in [-0.3, -0.25) is 19.2 Å². The topological polar surface area (TPSA) is 145 Å². The van der Waals surface area contributed by atoms with Crippen LogP contribution in [0.4, 0.5) is 0 Å². The average Bonchev–Trinajstić information content (AvgIpc) is 3.39. The number of fused-ring (bicyclic) bond motifs is 2. The van der Waals surface area contributed by atoms with Crippen molar-refractivity contribution in [3.8, 4) is 0 Å². The number of likely N-dealkylation sites (N-methyl/N-ethyl adjacent to an activating group) is 1. The molecule has 4 heterocycles. The van der Waals surface area contributed by atoms with E-state index in [2.05, 4.69) is 15.3 Å². The van der Waals surface area contributed by atoms with Gasteiger partial charge in [-0.05, 0) is 26.6 Å². The van der Waals surface area contributed by atoms with E-state index in [9.17, 15) is 14.4 Å². The Morgan fingerprint density at radius 3 is 2.88 bits per heavy atom. The van der Waals surface area contributed by atoms with Gasteiger partial charge in [0, 0.05) is 32.1 Å². The summed E-state index contributed by atoms with van der Waals surface area (Å²) in [5, 5.41) is 10.4. The molecule has 4 rings (SSSR count). The van der Waals surface area contributed by atoms with E-state index in [1.54, 1.807) is 11.8 Å². The van der Waals surface area contributed by atoms with Crippen molar-refractivity contribution in [3.63, 3.8) is 0 Å². The number of thiophene rings is 1. The smallest absolute Gasteiger partial charge is 0.290 e. The monoisotopic (exact) mass is 465 g/mol. The van der Waals surface area contributed by atoms with E-state index in [0.717, 1.165) is 6.54 Å². The number of aryl methyl sites for hydroxylation is 1. The van der Waals surface area contributed by atoms with Gasteiger partial charge in [-0.25, -0.2) is 4.98 Å². The Bertz CT molecular complexity index is 1070. The van der Waals surface area contributed by atoms with Crippen LogP contribution in [0, 0.1) is 18.3 Å². The number of nitrogens with one attached hydrogen (secondary N) is 2.